The summed E-state index contributed by atoms with van der Waals surface area (Å²) in [5.74, 6) is 0.578. The van der Waals surface area contributed by atoms with Gasteiger partial charge in [-0.05, 0) is 62.5 Å². The second-order valence-electron chi connectivity index (χ2n) is 5.87. The van der Waals surface area contributed by atoms with Crippen LogP contribution in [0.4, 0.5) is 0 Å². The third-order valence-electron chi connectivity index (χ3n) is 4.28. The van der Waals surface area contributed by atoms with Crippen LogP contribution in [0.5, 0.6) is 0 Å². The van der Waals surface area contributed by atoms with E-state index in [9.17, 15) is 0 Å². The van der Waals surface area contributed by atoms with Crippen molar-refractivity contribution in [2.24, 2.45) is 5.92 Å². The van der Waals surface area contributed by atoms with Gasteiger partial charge in [0.15, 0.2) is 0 Å². The molecular weight excluding hydrogens is 266 g/mol. The van der Waals surface area contributed by atoms with Gasteiger partial charge in [-0.2, -0.15) is 0 Å². The van der Waals surface area contributed by atoms with Crippen LogP contribution in [0.2, 0.25) is 0 Å². The summed E-state index contributed by atoms with van der Waals surface area (Å²) >= 11 is 0. The molecule has 22 heavy (non-hydrogen) atoms. The molecule has 0 aromatic heterocycles. The van der Waals surface area contributed by atoms with Gasteiger partial charge >= 0.3 is 0 Å². The third-order valence-corrected chi connectivity index (χ3v) is 4.28. The van der Waals surface area contributed by atoms with Gasteiger partial charge in [0.1, 0.15) is 0 Å². The lowest BCUT2D eigenvalue weighted by Gasteiger charge is -2.19. The first-order valence-electron chi connectivity index (χ1n) is 8.17. The molecule has 1 atom stereocenters. The fourth-order valence-electron chi connectivity index (χ4n) is 2.93. The maximum Gasteiger partial charge on any atom is -0.00461 e. The van der Waals surface area contributed by atoms with Gasteiger partial charge in [0.05, 0.1) is 0 Å². The Labute approximate surface area is 134 Å². The minimum atomic E-state index is 0.578. The van der Waals surface area contributed by atoms with Crippen LogP contribution in [-0.4, -0.2) is 13.6 Å². The molecule has 2 rings (SSSR count). The number of hydrogen-bond donors (Lipinski definition) is 1. The van der Waals surface area contributed by atoms with Crippen LogP contribution >= 0.6 is 0 Å². The summed E-state index contributed by atoms with van der Waals surface area (Å²) in [4.78, 5) is 0. The van der Waals surface area contributed by atoms with Crippen molar-refractivity contribution in [3.05, 3.63) is 71.8 Å². The first-order chi connectivity index (χ1) is 10.8. The van der Waals surface area contributed by atoms with E-state index in [1.165, 1.54) is 28.3 Å². The summed E-state index contributed by atoms with van der Waals surface area (Å²) in [7, 11) is 2.03. The van der Waals surface area contributed by atoms with E-state index >= 15 is 0 Å². The first kappa shape index (κ1) is 16.5. The predicted molar refractivity (Wildman–Crippen MR) is 98.3 cm³/mol. The SMILES string of the molecule is C/C=C\C=C(/C)C(CCNC)Cc1cccc2ccccc12. The first-order valence-corrected chi connectivity index (χ1v) is 8.17. The lowest BCUT2D eigenvalue weighted by molar-refractivity contribution is 0.539. The third kappa shape index (κ3) is 4.32. The Kier molecular flexibility index (Phi) is 6.42. The zero-order valence-corrected chi connectivity index (χ0v) is 14.0. The molecule has 0 amide bonds. The minimum Gasteiger partial charge on any atom is -0.320 e. The maximum absolute atomic E-state index is 3.29. The zero-order valence-electron chi connectivity index (χ0n) is 14.0. The van der Waals surface area contributed by atoms with Gasteiger partial charge in [0.25, 0.3) is 0 Å². The van der Waals surface area contributed by atoms with E-state index in [0.717, 1.165) is 13.0 Å². The Balaban J connectivity index is 2.28. The molecule has 2 aromatic carbocycles. The van der Waals surface area contributed by atoms with Crippen molar-refractivity contribution in [3.8, 4) is 0 Å². The van der Waals surface area contributed by atoms with Gasteiger partial charge in [-0.25, -0.2) is 0 Å². The second kappa shape index (κ2) is 8.55. The summed E-state index contributed by atoms with van der Waals surface area (Å²) in [6.07, 6.45) is 8.76. The molecule has 0 saturated carbocycles. The van der Waals surface area contributed by atoms with Crippen molar-refractivity contribution in [2.45, 2.75) is 26.7 Å². The monoisotopic (exact) mass is 293 g/mol. The number of benzene rings is 2. The highest BCUT2D eigenvalue weighted by Crippen LogP contribution is 2.26. The van der Waals surface area contributed by atoms with Crippen LogP contribution in [0.15, 0.2) is 66.3 Å². The Morgan fingerprint density at radius 1 is 1.14 bits per heavy atom. The Morgan fingerprint density at radius 2 is 1.91 bits per heavy atom. The average Bonchev–Trinajstić information content (AvgIpc) is 2.56. The highest BCUT2D eigenvalue weighted by Gasteiger charge is 2.12. The van der Waals surface area contributed by atoms with Crippen molar-refractivity contribution >= 4 is 10.8 Å². The maximum atomic E-state index is 3.29. The largest absolute Gasteiger partial charge is 0.320 e. The molecule has 0 radical (unpaired) electrons. The summed E-state index contributed by atoms with van der Waals surface area (Å²) in [5.41, 5.74) is 2.91. The highest BCUT2D eigenvalue weighted by atomic mass is 14.8. The second-order valence-corrected chi connectivity index (χ2v) is 5.87. The number of allylic oxidation sites excluding steroid dienone is 4. The molecule has 2 aromatic rings. The van der Waals surface area contributed by atoms with Crippen molar-refractivity contribution in [1.82, 2.24) is 5.32 Å². The smallest absolute Gasteiger partial charge is 0.00461 e. The van der Waals surface area contributed by atoms with E-state index < -0.39 is 0 Å². The van der Waals surface area contributed by atoms with Crippen molar-refractivity contribution in [1.29, 1.82) is 0 Å². The highest BCUT2D eigenvalue weighted by molar-refractivity contribution is 5.85. The average molecular weight is 293 g/mol. The molecular formula is C21H27N. The van der Waals surface area contributed by atoms with Gasteiger partial charge < -0.3 is 5.32 Å². The van der Waals surface area contributed by atoms with E-state index in [1.807, 2.05) is 7.05 Å². The Bertz CT molecular complexity index is 647. The number of hydrogen-bond acceptors (Lipinski definition) is 1. The van der Waals surface area contributed by atoms with Gasteiger partial charge in [-0.15, -0.1) is 0 Å². The van der Waals surface area contributed by atoms with Crippen LogP contribution in [0, 0.1) is 5.92 Å². The lowest BCUT2D eigenvalue weighted by Crippen LogP contribution is -2.16. The van der Waals surface area contributed by atoms with Gasteiger partial charge in [-0.1, -0.05) is 66.3 Å². The molecule has 1 N–H and O–H groups in total. The Hall–Kier alpha value is -1.86. The molecule has 0 saturated heterocycles. The molecule has 1 nitrogen and oxygen atoms in total. The van der Waals surface area contributed by atoms with Crippen molar-refractivity contribution in [3.63, 3.8) is 0 Å². The summed E-state index contributed by atoms with van der Waals surface area (Å²) in [5, 5.41) is 6.01. The van der Waals surface area contributed by atoms with Crippen LogP contribution in [0.25, 0.3) is 10.8 Å². The quantitative estimate of drug-likeness (QED) is 0.698. The topological polar surface area (TPSA) is 12.0 Å². The van der Waals surface area contributed by atoms with Gasteiger partial charge in [0, 0.05) is 0 Å². The van der Waals surface area contributed by atoms with E-state index in [0.29, 0.717) is 5.92 Å². The molecule has 0 aliphatic carbocycles. The summed E-state index contributed by atoms with van der Waals surface area (Å²) in [6.45, 7) is 5.37. The molecule has 0 aliphatic rings. The molecule has 0 fully saturated rings. The summed E-state index contributed by atoms with van der Waals surface area (Å²) < 4.78 is 0. The fraction of sp³-hybridized carbons (Fsp3) is 0.333. The lowest BCUT2D eigenvalue weighted by atomic mass is 9.87. The van der Waals surface area contributed by atoms with Crippen LogP contribution in [-0.2, 0) is 6.42 Å². The molecule has 0 heterocycles. The van der Waals surface area contributed by atoms with Crippen LogP contribution < -0.4 is 5.32 Å². The Morgan fingerprint density at radius 3 is 2.68 bits per heavy atom. The predicted octanol–water partition coefficient (Wildman–Crippen LogP) is 5.13. The molecule has 116 valence electrons. The number of fused-ring (bicyclic) bond motifs is 1. The molecule has 0 bridgehead atoms. The molecule has 0 aliphatic heterocycles. The van der Waals surface area contributed by atoms with Crippen LogP contribution in [0.3, 0.4) is 0 Å². The minimum absolute atomic E-state index is 0.578. The zero-order chi connectivity index (χ0) is 15.8. The summed E-state index contributed by atoms with van der Waals surface area (Å²) in [6, 6.07) is 15.3. The number of rotatable bonds is 7. The van der Waals surface area contributed by atoms with Crippen molar-refractivity contribution < 1.29 is 0 Å². The molecule has 0 spiro atoms. The van der Waals surface area contributed by atoms with Crippen molar-refractivity contribution in [2.75, 3.05) is 13.6 Å². The fourth-order valence-corrected chi connectivity index (χ4v) is 2.93. The van der Waals surface area contributed by atoms with E-state index in [4.69, 9.17) is 0 Å². The van der Waals surface area contributed by atoms with Crippen LogP contribution in [0.1, 0.15) is 25.8 Å². The van der Waals surface area contributed by atoms with E-state index in [1.54, 1.807) is 0 Å². The van der Waals surface area contributed by atoms with E-state index in [2.05, 4.69) is 79.9 Å². The molecule has 1 unspecified atom stereocenters. The number of nitrogens with one attached hydrogen (secondary N) is 1. The van der Waals surface area contributed by atoms with Gasteiger partial charge in [-0.3, -0.25) is 0 Å². The standard InChI is InChI=1S/C21H27N/c1-4-5-9-17(2)19(14-15-22-3)16-20-12-8-11-18-10-6-7-13-21(18)20/h4-13,19,22H,14-16H2,1-3H3/b5-4-,17-9+. The van der Waals surface area contributed by atoms with Gasteiger partial charge in [0.2, 0.25) is 0 Å². The van der Waals surface area contributed by atoms with E-state index in [-0.39, 0.29) is 0 Å². The normalized spacial score (nSPS) is 13.9. The molecule has 1 heteroatoms.